The number of fused-ring (bicyclic) bond motifs is 2. The number of nitrogens with zero attached hydrogens (tertiary/aromatic N) is 5. The Bertz CT molecular complexity index is 1050. The van der Waals surface area contributed by atoms with E-state index in [1.165, 1.54) is 0 Å². The van der Waals surface area contributed by atoms with Gasteiger partial charge in [-0.25, -0.2) is 14.6 Å². The van der Waals surface area contributed by atoms with Crippen LogP contribution >= 0.6 is 0 Å². The van der Waals surface area contributed by atoms with Crippen molar-refractivity contribution in [1.29, 1.82) is 0 Å². The van der Waals surface area contributed by atoms with Crippen molar-refractivity contribution < 1.29 is 19.0 Å². The molecule has 1 aromatic carbocycles. The summed E-state index contributed by atoms with van der Waals surface area (Å²) in [5, 5.41) is 8.22. The number of rotatable bonds is 5. The van der Waals surface area contributed by atoms with Crippen LogP contribution in [0.5, 0.6) is 11.5 Å². The van der Waals surface area contributed by atoms with Gasteiger partial charge in [-0.2, -0.15) is 5.10 Å². The summed E-state index contributed by atoms with van der Waals surface area (Å²) < 4.78 is 18.5. The van der Waals surface area contributed by atoms with E-state index in [2.05, 4.69) is 25.3 Å². The second-order valence-electron chi connectivity index (χ2n) is 7.06. The molecule has 0 bridgehead atoms. The Labute approximate surface area is 172 Å². The second kappa shape index (κ2) is 8.15. The van der Waals surface area contributed by atoms with Crippen LogP contribution in [0.2, 0.25) is 0 Å². The Kier molecular flexibility index (Phi) is 5.06. The van der Waals surface area contributed by atoms with Crippen molar-refractivity contribution in [2.45, 2.75) is 12.6 Å². The summed E-state index contributed by atoms with van der Waals surface area (Å²) in [5.74, 6) is 1.88. The second-order valence-corrected chi connectivity index (χ2v) is 7.06. The van der Waals surface area contributed by atoms with Gasteiger partial charge < -0.3 is 24.4 Å². The predicted molar refractivity (Wildman–Crippen MR) is 108 cm³/mol. The average Bonchev–Trinajstić information content (AvgIpc) is 3.22. The van der Waals surface area contributed by atoms with Crippen LogP contribution in [0.15, 0.2) is 36.8 Å². The Balaban J connectivity index is 1.21. The first kappa shape index (κ1) is 18.6. The van der Waals surface area contributed by atoms with E-state index < -0.39 is 6.10 Å². The number of aromatic nitrogens is 4. The lowest BCUT2D eigenvalue weighted by Crippen LogP contribution is -2.44. The molecule has 2 aromatic heterocycles. The average molecular weight is 410 g/mol. The molecule has 5 rings (SSSR count). The summed E-state index contributed by atoms with van der Waals surface area (Å²) >= 11 is 0. The normalized spacial score (nSPS) is 18.4. The summed E-state index contributed by atoms with van der Waals surface area (Å²) in [6.07, 6.45) is 2.65. The third-order valence-electron chi connectivity index (χ3n) is 5.15. The zero-order valence-electron chi connectivity index (χ0n) is 16.4. The minimum Gasteiger partial charge on any atom is -0.485 e. The first-order valence-corrected chi connectivity index (χ1v) is 9.95. The van der Waals surface area contributed by atoms with Crippen LogP contribution in [-0.4, -0.2) is 71.2 Å². The highest BCUT2D eigenvalue weighted by Gasteiger charge is 2.27. The predicted octanol–water partition coefficient (Wildman–Crippen LogP) is 0.619. The summed E-state index contributed by atoms with van der Waals surface area (Å²) in [6.45, 7) is 4.02. The highest BCUT2D eigenvalue weighted by Crippen LogP contribution is 2.30. The number of carbonyl (C=O) groups excluding carboxylic acids is 1. The molecule has 2 aliphatic rings. The standard InChI is InChI=1S/C20H22N6O4/c27-20(17-12-29-15-3-1-2-4-16(15)30-17)21-5-6-26-19-14(11-24-26)18(22-13-23-19)25-7-9-28-10-8-25/h1-4,11,13,17H,5-10,12H2,(H,21,27). The van der Waals surface area contributed by atoms with Crippen LogP contribution in [0, 0.1) is 0 Å². The molecule has 10 heteroatoms. The first-order chi connectivity index (χ1) is 14.8. The van der Waals surface area contributed by atoms with Crippen molar-refractivity contribution in [3.05, 3.63) is 36.8 Å². The lowest BCUT2D eigenvalue weighted by molar-refractivity contribution is -0.130. The topological polar surface area (TPSA) is 104 Å². The van der Waals surface area contributed by atoms with Gasteiger partial charge in [0.2, 0.25) is 6.10 Å². The van der Waals surface area contributed by atoms with Gasteiger partial charge in [-0.05, 0) is 12.1 Å². The number of para-hydroxylation sites is 2. The zero-order chi connectivity index (χ0) is 20.3. The molecule has 0 spiro atoms. The maximum atomic E-state index is 12.5. The number of morpholine rings is 1. The molecule has 0 aliphatic carbocycles. The van der Waals surface area contributed by atoms with E-state index >= 15 is 0 Å². The Hall–Kier alpha value is -3.40. The Morgan fingerprint density at radius 1 is 1.17 bits per heavy atom. The maximum absolute atomic E-state index is 12.5. The molecular formula is C20H22N6O4. The molecule has 0 radical (unpaired) electrons. The van der Waals surface area contributed by atoms with Crippen LogP contribution in [0.4, 0.5) is 5.82 Å². The zero-order valence-corrected chi connectivity index (χ0v) is 16.4. The number of ether oxygens (including phenoxy) is 3. The highest BCUT2D eigenvalue weighted by molar-refractivity contribution is 5.86. The maximum Gasteiger partial charge on any atom is 0.264 e. The van der Waals surface area contributed by atoms with E-state index in [9.17, 15) is 4.79 Å². The molecule has 3 aromatic rings. The van der Waals surface area contributed by atoms with Gasteiger partial charge in [0.1, 0.15) is 18.8 Å². The molecule has 0 saturated carbocycles. The van der Waals surface area contributed by atoms with Gasteiger partial charge in [-0.1, -0.05) is 12.1 Å². The van der Waals surface area contributed by atoms with E-state index in [0.29, 0.717) is 37.8 Å². The van der Waals surface area contributed by atoms with E-state index in [-0.39, 0.29) is 12.5 Å². The van der Waals surface area contributed by atoms with E-state index in [4.69, 9.17) is 14.2 Å². The third-order valence-corrected chi connectivity index (χ3v) is 5.15. The van der Waals surface area contributed by atoms with E-state index in [0.717, 1.165) is 29.9 Å². The van der Waals surface area contributed by atoms with Crippen molar-refractivity contribution in [3.8, 4) is 11.5 Å². The molecular weight excluding hydrogens is 388 g/mol. The molecule has 1 N–H and O–H groups in total. The number of hydrogen-bond donors (Lipinski definition) is 1. The Morgan fingerprint density at radius 3 is 2.87 bits per heavy atom. The number of nitrogens with one attached hydrogen (secondary N) is 1. The largest absolute Gasteiger partial charge is 0.485 e. The fourth-order valence-corrected chi connectivity index (χ4v) is 3.62. The fraction of sp³-hybridized carbons (Fsp3) is 0.400. The minimum absolute atomic E-state index is 0.184. The molecule has 1 fully saturated rings. The monoisotopic (exact) mass is 410 g/mol. The molecule has 1 saturated heterocycles. The molecule has 1 amide bonds. The van der Waals surface area contributed by atoms with Crippen molar-refractivity contribution in [2.75, 3.05) is 44.4 Å². The lowest BCUT2D eigenvalue weighted by Gasteiger charge is -2.27. The smallest absolute Gasteiger partial charge is 0.264 e. The van der Waals surface area contributed by atoms with Crippen LogP contribution in [0.3, 0.4) is 0 Å². The molecule has 4 heterocycles. The van der Waals surface area contributed by atoms with Crippen molar-refractivity contribution >= 4 is 22.8 Å². The molecule has 1 unspecified atom stereocenters. The quantitative estimate of drug-likeness (QED) is 0.653. The number of benzene rings is 1. The molecule has 1 atom stereocenters. The van der Waals surface area contributed by atoms with Gasteiger partial charge in [0, 0.05) is 19.6 Å². The van der Waals surface area contributed by atoms with Gasteiger partial charge in [0.15, 0.2) is 17.1 Å². The fourth-order valence-electron chi connectivity index (χ4n) is 3.62. The van der Waals surface area contributed by atoms with Crippen molar-refractivity contribution in [2.24, 2.45) is 0 Å². The number of amides is 1. The van der Waals surface area contributed by atoms with Gasteiger partial charge >= 0.3 is 0 Å². The SMILES string of the molecule is O=C(NCCn1ncc2c(N3CCOCC3)ncnc21)C1COc2ccccc2O1. The summed E-state index contributed by atoms with van der Waals surface area (Å²) in [6, 6.07) is 7.32. The summed E-state index contributed by atoms with van der Waals surface area (Å²) in [4.78, 5) is 23.5. The number of anilines is 1. The summed E-state index contributed by atoms with van der Waals surface area (Å²) in [5.41, 5.74) is 0.743. The number of hydrogen-bond acceptors (Lipinski definition) is 8. The third kappa shape index (κ3) is 3.61. The molecule has 30 heavy (non-hydrogen) atoms. The van der Waals surface area contributed by atoms with Gasteiger partial charge in [-0.15, -0.1) is 0 Å². The Morgan fingerprint density at radius 2 is 2.00 bits per heavy atom. The van der Waals surface area contributed by atoms with Crippen LogP contribution in [0.25, 0.3) is 11.0 Å². The summed E-state index contributed by atoms with van der Waals surface area (Å²) in [7, 11) is 0. The highest BCUT2D eigenvalue weighted by atomic mass is 16.6. The van der Waals surface area contributed by atoms with Gasteiger partial charge in [-0.3, -0.25) is 4.79 Å². The molecule has 2 aliphatic heterocycles. The van der Waals surface area contributed by atoms with Crippen LogP contribution < -0.4 is 19.7 Å². The van der Waals surface area contributed by atoms with Crippen molar-refractivity contribution in [1.82, 2.24) is 25.1 Å². The van der Waals surface area contributed by atoms with Crippen molar-refractivity contribution in [3.63, 3.8) is 0 Å². The number of carbonyl (C=O) groups is 1. The van der Waals surface area contributed by atoms with Gasteiger partial charge in [0.25, 0.3) is 5.91 Å². The van der Waals surface area contributed by atoms with E-state index in [1.807, 2.05) is 18.2 Å². The minimum atomic E-state index is -0.676. The molecule has 10 nitrogen and oxygen atoms in total. The van der Waals surface area contributed by atoms with E-state index in [1.54, 1.807) is 23.3 Å². The lowest BCUT2D eigenvalue weighted by atomic mass is 10.2. The molecule has 156 valence electrons. The van der Waals surface area contributed by atoms with Crippen LogP contribution in [-0.2, 0) is 16.1 Å². The van der Waals surface area contributed by atoms with Crippen LogP contribution in [0.1, 0.15) is 0 Å². The first-order valence-electron chi connectivity index (χ1n) is 9.95. The van der Waals surface area contributed by atoms with Gasteiger partial charge in [0.05, 0.1) is 31.3 Å².